The molecule has 1 N–H and O–H groups in total. The predicted octanol–water partition coefficient (Wildman–Crippen LogP) is 4.08. The molecule has 0 bridgehead atoms. The van der Waals surface area contributed by atoms with Crippen LogP contribution in [0.5, 0.6) is 11.5 Å². The Kier molecular flexibility index (Phi) is 5.72. The summed E-state index contributed by atoms with van der Waals surface area (Å²) in [6.07, 6.45) is 5.49. The third-order valence-electron chi connectivity index (χ3n) is 5.00. The fourth-order valence-corrected chi connectivity index (χ4v) is 6.47. The van der Waals surface area contributed by atoms with Gasteiger partial charge < -0.3 is 14.8 Å². The molecular weight excluding hydrogens is 434 g/mol. The average Bonchev–Trinajstić information content (AvgIpc) is 3.22. The third-order valence-corrected chi connectivity index (χ3v) is 8.04. The molecule has 2 heterocycles. The summed E-state index contributed by atoms with van der Waals surface area (Å²) in [4.78, 5) is 13.6. The van der Waals surface area contributed by atoms with Crippen LogP contribution in [0.1, 0.15) is 22.8 Å². The first-order valence-corrected chi connectivity index (χ1v) is 11.8. The van der Waals surface area contributed by atoms with Crippen molar-refractivity contribution in [1.82, 2.24) is 0 Å². The van der Waals surface area contributed by atoms with Crippen molar-refractivity contribution in [2.45, 2.75) is 22.1 Å². The van der Waals surface area contributed by atoms with Crippen LogP contribution in [-0.4, -0.2) is 28.0 Å². The van der Waals surface area contributed by atoms with Crippen LogP contribution in [0.2, 0.25) is 0 Å². The van der Waals surface area contributed by atoms with Crippen LogP contribution in [0, 0.1) is 12.3 Å². The lowest BCUT2D eigenvalue weighted by Gasteiger charge is -2.24. The van der Waals surface area contributed by atoms with E-state index in [2.05, 4.69) is 11.2 Å². The minimum Gasteiger partial charge on any atom is -0.493 e. The molecule has 6 nitrogen and oxygen atoms in total. The molecule has 0 spiro atoms. The van der Waals surface area contributed by atoms with Crippen molar-refractivity contribution in [3.05, 3.63) is 64.4 Å². The molecule has 3 aromatic rings. The molecular formula is C23H19NO5S2. The summed E-state index contributed by atoms with van der Waals surface area (Å²) in [6, 6.07) is 13.6. The van der Waals surface area contributed by atoms with Crippen molar-refractivity contribution in [3.8, 4) is 23.8 Å². The second-order valence-electron chi connectivity index (χ2n) is 6.86. The lowest BCUT2D eigenvalue weighted by molar-refractivity contribution is -0.116. The number of sulfone groups is 1. The van der Waals surface area contributed by atoms with E-state index in [0.29, 0.717) is 17.2 Å². The van der Waals surface area contributed by atoms with Gasteiger partial charge in [0, 0.05) is 22.6 Å². The van der Waals surface area contributed by atoms with Gasteiger partial charge in [0.05, 0.1) is 17.7 Å². The summed E-state index contributed by atoms with van der Waals surface area (Å²) < 4.78 is 37.3. The molecule has 0 fully saturated rings. The fourth-order valence-electron chi connectivity index (χ4n) is 3.54. The number of nitrogens with one attached hydrogen (secondary N) is 1. The van der Waals surface area contributed by atoms with Crippen LogP contribution >= 0.6 is 11.3 Å². The highest BCUT2D eigenvalue weighted by atomic mass is 32.2. The number of hydrogen-bond donors (Lipinski definition) is 1. The van der Waals surface area contributed by atoms with Crippen LogP contribution < -0.4 is 14.8 Å². The molecule has 1 aliphatic rings. The van der Waals surface area contributed by atoms with E-state index in [9.17, 15) is 13.2 Å². The number of terminal acetylenes is 1. The summed E-state index contributed by atoms with van der Waals surface area (Å²) in [5, 5.41) is 4.35. The van der Waals surface area contributed by atoms with Crippen LogP contribution in [0.3, 0.4) is 0 Å². The molecule has 158 valence electrons. The molecule has 8 heteroatoms. The molecule has 31 heavy (non-hydrogen) atoms. The van der Waals surface area contributed by atoms with Gasteiger partial charge in [0.2, 0.25) is 15.7 Å². The van der Waals surface area contributed by atoms with Gasteiger partial charge in [0.1, 0.15) is 11.5 Å². The zero-order chi connectivity index (χ0) is 22.0. The largest absolute Gasteiger partial charge is 0.493 e. The second kappa shape index (κ2) is 8.46. The lowest BCUT2D eigenvalue weighted by Crippen LogP contribution is -2.23. The molecule has 0 radical (unpaired) electrons. The number of amides is 1. The van der Waals surface area contributed by atoms with E-state index in [4.69, 9.17) is 15.9 Å². The molecule has 1 atom stereocenters. The summed E-state index contributed by atoms with van der Waals surface area (Å²) in [6.45, 7) is 0.0781. The van der Waals surface area contributed by atoms with Crippen molar-refractivity contribution in [1.29, 1.82) is 0 Å². The van der Waals surface area contributed by atoms with Crippen LogP contribution in [0.15, 0.2) is 63.7 Å². The van der Waals surface area contributed by atoms with E-state index in [0.717, 1.165) is 10.4 Å². The number of fused-ring (bicyclic) bond motifs is 1. The second-order valence-corrected chi connectivity index (χ2v) is 9.69. The van der Waals surface area contributed by atoms with Gasteiger partial charge in [-0.15, -0.1) is 17.8 Å². The van der Waals surface area contributed by atoms with Gasteiger partial charge in [-0.3, -0.25) is 4.79 Å². The van der Waals surface area contributed by atoms with Gasteiger partial charge in [-0.25, -0.2) is 8.42 Å². The first kappa shape index (κ1) is 21.0. The lowest BCUT2D eigenvalue weighted by atomic mass is 9.90. The van der Waals surface area contributed by atoms with Gasteiger partial charge in [-0.1, -0.05) is 30.2 Å². The summed E-state index contributed by atoms with van der Waals surface area (Å²) in [5.74, 6) is 2.86. The number of ether oxygens (including phenoxy) is 2. The Hall–Kier alpha value is -3.28. The summed E-state index contributed by atoms with van der Waals surface area (Å²) in [7, 11) is -2.24. The van der Waals surface area contributed by atoms with Crippen molar-refractivity contribution in [2.75, 3.05) is 19.0 Å². The topological polar surface area (TPSA) is 81.7 Å². The Morgan fingerprint density at radius 2 is 1.97 bits per heavy atom. The van der Waals surface area contributed by atoms with Gasteiger partial charge in [-0.2, -0.15) is 0 Å². The molecule has 4 rings (SSSR count). The van der Waals surface area contributed by atoms with Crippen molar-refractivity contribution < 1.29 is 22.7 Å². The Bertz CT molecular complexity index is 1270. The number of carbonyl (C=O) groups excluding carboxylic acids is 1. The Balaban J connectivity index is 1.78. The molecule has 2 aromatic carbocycles. The first-order valence-electron chi connectivity index (χ1n) is 9.41. The predicted molar refractivity (Wildman–Crippen MR) is 119 cm³/mol. The highest BCUT2D eigenvalue weighted by Gasteiger charge is 2.34. The maximum atomic E-state index is 13.2. The molecule has 1 aromatic heterocycles. The number of anilines is 1. The van der Waals surface area contributed by atoms with Crippen molar-refractivity contribution in [3.63, 3.8) is 0 Å². The monoisotopic (exact) mass is 453 g/mol. The number of thiophene rings is 1. The maximum Gasteiger partial charge on any atom is 0.225 e. The normalized spacial score (nSPS) is 15.5. The van der Waals surface area contributed by atoms with Crippen LogP contribution in [0.25, 0.3) is 0 Å². The number of methoxy groups -OCH3 is 1. The number of carbonyl (C=O) groups is 1. The molecule has 0 saturated carbocycles. The highest BCUT2D eigenvalue weighted by Crippen LogP contribution is 2.46. The zero-order valence-electron chi connectivity index (χ0n) is 16.6. The van der Waals surface area contributed by atoms with Gasteiger partial charge in [0.25, 0.3) is 0 Å². The summed E-state index contributed by atoms with van der Waals surface area (Å²) >= 11 is 1.31. The molecule has 0 saturated heterocycles. The number of benzene rings is 2. The van der Waals surface area contributed by atoms with E-state index in [-0.39, 0.29) is 34.6 Å². The average molecular weight is 454 g/mol. The Morgan fingerprint density at radius 1 is 1.19 bits per heavy atom. The molecule has 1 aliphatic heterocycles. The molecule has 0 unspecified atom stereocenters. The minimum atomic E-state index is -3.77. The first-order chi connectivity index (χ1) is 15.0. The number of rotatable bonds is 6. The van der Waals surface area contributed by atoms with E-state index < -0.39 is 9.84 Å². The van der Waals surface area contributed by atoms with E-state index >= 15 is 0 Å². The van der Waals surface area contributed by atoms with Crippen molar-refractivity contribution in [2.24, 2.45) is 0 Å². The minimum absolute atomic E-state index is 0.0781. The standard InChI is InChI=1S/C23H19NO5S2/c1-3-11-29-19-12-15(9-10-18(19)28-2)17-13-21(25)24-22-20(14-30-23(17)22)31(26,27)16-7-5-4-6-8-16/h1,4-10,12,14,17H,11,13H2,2H3,(H,24,25)/t17-/m1/s1. The Labute approximate surface area is 184 Å². The summed E-state index contributed by atoms with van der Waals surface area (Å²) in [5.41, 5.74) is 1.16. The highest BCUT2D eigenvalue weighted by molar-refractivity contribution is 7.91. The van der Waals surface area contributed by atoms with Crippen molar-refractivity contribution >= 4 is 32.8 Å². The fraction of sp³-hybridized carbons (Fsp3) is 0.174. The maximum absolute atomic E-state index is 13.2. The van der Waals surface area contributed by atoms with Gasteiger partial charge >= 0.3 is 0 Å². The van der Waals surface area contributed by atoms with Gasteiger partial charge in [0.15, 0.2) is 11.5 Å². The van der Waals surface area contributed by atoms with Crippen LogP contribution in [0.4, 0.5) is 5.69 Å². The molecule has 1 amide bonds. The quantitative estimate of drug-likeness (QED) is 0.569. The SMILES string of the molecule is C#CCOc1cc([C@H]2CC(=O)Nc3c(S(=O)(=O)c4ccccc4)csc32)ccc1OC. The van der Waals surface area contributed by atoms with E-state index in [1.807, 2.05) is 6.07 Å². The smallest absolute Gasteiger partial charge is 0.225 e. The zero-order valence-corrected chi connectivity index (χ0v) is 18.3. The Morgan fingerprint density at radius 3 is 2.68 bits per heavy atom. The van der Waals surface area contributed by atoms with E-state index in [1.54, 1.807) is 47.8 Å². The van der Waals surface area contributed by atoms with Gasteiger partial charge in [-0.05, 0) is 29.8 Å². The number of hydrogen-bond acceptors (Lipinski definition) is 6. The third kappa shape index (κ3) is 3.90. The van der Waals surface area contributed by atoms with E-state index in [1.165, 1.54) is 18.4 Å². The van der Waals surface area contributed by atoms with Crippen LogP contribution in [-0.2, 0) is 14.6 Å². The molecule has 0 aliphatic carbocycles.